The highest BCUT2D eigenvalue weighted by molar-refractivity contribution is 5.96. The molecule has 35 heavy (non-hydrogen) atoms. The molecule has 9 nitrogen and oxygen atoms in total. The number of aromatic nitrogens is 5. The van der Waals surface area contributed by atoms with Crippen LogP contribution in [-0.2, 0) is 6.18 Å². The molecule has 3 aromatic heterocycles. The van der Waals surface area contributed by atoms with E-state index in [0.717, 1.165) is 6.20 Å². The average Bonchev–Trinajstić information content (AvgIpc) is 3.46. The van der Waals surface area contributed by atoms with Crippen LogP contribution in [0.2, 0.25) is 0 Å². The number of alkyl halides is 3. The Balaban J connectivity index is 1.47. The predicted molar refractivity (Wildman–Crippen MR) is 119 cm³/mol. The Bertz CT molecular complexity index is 1380. The number of rotatable bonds is 4. The summed E-state index contributed by atoms with van der Waals surface area (Å²) in [7, 11) is 0. The summed E-state index contributed by atoms with van der Waals surface area (Å²) < 4.78 is 56.4. The molecule has 1 fully saturated rings. The van der Waals surface area contributed by atoms with Crippen LogP contribution in [0.3, 0.4) is 0 Å². The minimum absolute atomic E-state index is 0.00588. The van der Waals surface area contributed by atoms with Gasteiger partial charge in [0.1, 0.15) is 5.82 Å². The van der Waals surface area contributed by atoms with Gasteiger partial charge in [-0.05, 0) is 24.6 Å². The Morgan fingerprint density at radius 2 is 1.94 bits per heavy atom. The zero-order valence-electron chi connectivity index (χ0n) is 18.4. The summed E-state index contributed by atoms with van der Waals surface area (Å²) in [5.74, 6) is -0.845. The number of hydrogen-bond donors (Lipinski definition) is 3. The highest BCUT2D eigenvalue weighted by Crippen LogP contribution is 2.36. The van der Waals surface area contributed by atoms with Crippen LogP contribution >= 0.6 is 0 Å². The number of amides is 1. The molecule has 4 aromatic rings. The number of benzene rings is 1. The van der Waals surface area contributed by atoms with Gasteiger partial charge in [-0.25, -0.2) is 14.4 Å². The molecule has 0 unspecified atom stereocenters. The zero-order chi connectivity index (χ0) is 24.7. The van der Waals surface area contributed by atoms with Crippen LogP contribution in [0.15, 0.2) is 36.9 Å². The van der Waals surface area contributed by atoms with Crippen molar-refractivity contribution in [1.82, 2.24) is 34.8 Å². The largest absolute Gasteiger partial charge is 0.435 e. The normalized spacial score (nSPS) is 14.5. The van der Waals surface area contributed by atoms with Gasteiger partial charge in [-0.15, -0.1) is 0 Å². The molecule has 0 atom stereocenters. The number of fused-ring (bicyclic) bond motifs is 1. The first-order valence-corrected chi connectivity index (χ1v) is 10.7. The Hall–Kier alpha value is -4.00. The molecule has 4 heterocycles. The molecule has 1 aliphatic heterocycles. The number of nitrogens with zero attached hydrogens (tertiary/aromatic N) is 5. The minimum atomic E-state index is -4.65. The van der Waals surface area contributed by atoms with Crippen LogP contribution in [0.5, 0.6) is 0 Å². The summed E-state index contributed by atoms with van der Waals surface area (Å²) >= 11 is 0. The second-order valence-corrected chi connectivity index (χ2v) is 8.08. The summed E-state index contributed by atoms with van der Waals surface area (Å²) in [6, 6.07) is 2.81. The smallest absolute Gasteiger partial charge is 0.337 e. The van der Waals surface area contributed by atoms with Crippen molar-refractivity contribution in [2.45, 2.75) is 13.1 Å². The van der Waals surface area contributed by atoms with E-state index in [1.54, 1.807) is 17.9 Å². The summed E-state index contributed by atoms with van der Waals surface area (Å²) in [5, 5.41) is 11.7. The second kappa shape index (κ2) is 8.65. The van der Waals surface area contributed by atoms with Gasteiger partial charge in [0.25, 0.3) is 5.91 Å². The molecule has 5 rings (SSSR count). The van der Waals surface area contributed by atoms with Crippen molar-refractivity contribution in [2.75, 3.05) is 31.5 Å². The lowest BCUT2D eigenvalue weighted by atomic mass is 10.1. The third-order valence-electron chi connectivity index (χ3n) is 5.78. The second-order valence-electron chi connectivity index (χ2n) is 8.08. The Morgan fingerprint density at radius 3 is 2.66 bits per heavy atom. The number of aryl methyl sites for hydroxylation is 1. The number of hydrogen-bond acceptors (Lipinski definition) is 6. The van der Waals surface area contributed by atoms with Crippen LogP contribution < -0.4 is 10.6 Å². The van der Waals surface area contributed by atoms with Gasteiger partial charge in [-0.2, -0.15) is 18.3 Å². The molecule has 1 amide bonds. The van der Waals surface area contributed by atoms with Crippen LogP contribution in [0, 0.1) is 12.7 Å². The predicted octanol–water partition coefficient (Wildman–Crippen LogP) is 3.37. The van der Waals surface area contributed by atoms with E-state index in [4.69, 9.17) is 0 Å². The van der Waals surface area contributed by atoms with Crippen molar-refractivity contribution in [3.05, 3.63) is 59.6 Å². The average molecular weight is 488 g/mol. The molecule has 1 saturated heterocycles. The number of piperazine rings is 1. The number of carbonyl (C=O) groups is 1. The van der Waals surface area contributed by atoms with Gasteiger partial charge in [0.05, 0.1) is 23.0 Å². The maximum absolute atomic E-state index is 15.0. The number of imidazole rings is 1. The SMILES string of the molecule is Cc1cc(Nc2nccn3c(-c4c[nH]nc4C(F)(F)F)cnc23)cc(F)c1C(=O)N1CCNCC1. The van der Waals surface area contributed by atoms with Crippen LogP contribution in [0.25, 0.3) is 16.9 Å². The van der Waals surface area contributed by atoms with Crippen molar-refractivity contribution in [2.24, 2.45) is 0 Å². The lowest BCUT2D eigenvalue weighted by Crippen LogP contribution is -2.46. The summed E-state index contributed by atoms with van der Waals surface area (Å²) in [4.78, 5) is 22.9. The van der Waals surface area contributed by atoms with Crippen molar-refractivity contribution in [3.63, 3.8) is 0 Å². The van der Waals surface area contributed by atoms with Crippen LogP contribution in [0.1, 0.15) is 21.6 Å². The third-order valence-corrected chi connectivity index (χ3v) is 5.78. The Morgan fingerprint density at radius 1 is 1.17 bits per heavy atom. The van der Waals surface area contributed by atoms with E-state index < -0.39 is 17.7 Å². The molecule has 0 radical (unpaired) electrons. The van der Waals surface area contributed by atoms with E-state index in [-0.39, 0.29) is 34.2 Å². The van der Waals surface area contributed by atoms with Crippen molar-refractivity contribution >= 4 is 23.1 Å². The number of halogens is 4. The number of anilines is 2. The molecule has 3 N–H and O–H groups in total. The van der Waals surface area contributed by atoms with E-state index in [0.29, 0.717) is 37.4 Å². The molecule has 1 aliphatic rings. The van der Waals surface area contributed by atoms with Gasteiger partial charge < -0.3 is 15.5 Å². The van der Waals surface area contributed by atoms with Gasteiger partial charge in [-0.1, -0.05) is 0 Å². The number of H-pyrrole nitrogens is 1. The van der Waals surface area contributed by atoms with Gasteiger partial charge in [0.15, 0.2) is 17.2 Å². The molecular formula is C22H20F4N8O. The molecule has 182 valence electrons. The fourth-order valence-electron chi connectivity index (χ4n) is 4.16. The van der Waals surface area contributed by atoms with E-state index in [1.165, 1.54) is 29.1 Å². The van der Waals surface area contributed by atoms with E-state index in [2.05, 4.69) is 30.8 Å². The highest BCUT2D eigenvalue weighted by Gasteiger charge is 2.37. The fourth-order valence-corrected chi connectivity index (χ4v) is 4.16. The number of carbonyl (C=O) groups excluding carboxylic acids is 1. The minimum Gasteiger partial charge on any atom is -0.337 e. The van der Waals surface area contributed by atoms with Crippen molar-refractivity contribution in [1.29, 1.82) is 0 Å². The molecule has 0 bridgehead atoms. The topological polar surface area (TPSA) is 103 Å². The zero-order valence-corrected chi connectivity index (χ0v) is 18.4. The first kappa shape index (κ1) is 22.8. The van der Waals surface area contributed by atoms with Crippen LogP contribution in [-0.4, -0.2) is 61.6 Å². The van der Waals surface area contributed by atoms with Crippen LogP contribution in [0.4, 0.5) is 29.1 Å². The summed E-state index contributed by atoms with van der Waals surface area (Å²) in [6.45, 7) is 3.94. The quantitative estimate of drug-likeness (QED) is 0.381. The molecule has 0 aliphatic carbocycles. The van der Waals surface area contributed by atoms with Gasteiger partial charge >= 0.3 is 6.18 Å². The molecule has 1 aromatic carbocycles. The van der Waals surface area contributed by atoms with Gasteiger partial charge in [-0.3, -0.25) is 14.3 Å². The first-order valence-electron chi connectivity index (χ1n) is 10.7. The van der Waals surface area contributed by atoms with Gasteiger partial charge in [0, 0.05) is 50.5 Å². The maximum Gasteiger partial charge on any atom is 0.435 e. The summed E-state index contributed by atoms with van der Waals surface area (Å²) in [6.07, 6.45) is 0.638. The molecular weight excluding hydrogens is 468 g/mol. The number of aromatic amines is 1. The van der Waals surface area contributed by atoms with Crippen molar-refractivity contribution in [3.8, 4) is 11.3 Å². The Kier molecular flexibility index (Phi) is 5.63. The molecule has 0 spiro atoms. The molecule has 0 saturated carbocycles. The van der Waals surface area contributed by atoms with E-state index in [1.807, 2.05) is 0 Å². The fraction of sp³-hybridized carbons (Fsp3) is 0.273. The monoisotopic (exact) mass is 488 g/mol. The standard InChI is InChI=1S/C22H20F4N8O/c1-12-8-13(9-15(23)17(12)21(35)33-5-2-27-3-6-33)31-19-20-29-11-16(34(20)7-4-28-19)14-10-30-32-18(14)22(24,25)26/h4,7-11,27H,2-3,5-6H2,1H3,(H,28,31)(H,30,32). The molecule has 13 heteroatoms. The lowest BCUT2D eigenvalue weighted by Gasteiger charge is -2.28. The third kappa shape index (κ3) is 4.18. The maximum atomic E-state index is 15.0. The first-order chi connectivity index (χ1) is 16.7. The summed E-state index contributed by atoms with van der Waals surface area (Å²) in [5.41, 5.74) is -0.0672. The van der Waals surface area contributed by atoms with Gasteiger partial charge in [0.2, 0.25) is 0 Å². The van der Waals surface area contributed by atoms with E-state index in [9.17, 15) is 18.0 Å². The lowest BCUT2D eigenvalue weighted by molar-refractivity contribution is -0.140. The van der Waals surface area contributed by atoms with Crippen molar-refractivity contribution < 1.29 is 22.4 Å². The number of nitrogens with one attached hydrogen (secondary N) is 3. The highest BCUT2D eigenvalue weighted by atomic mass is 19.4. The van der Waals surface area contributed by atoms with E-state index >= 15 is 4.39 Å². The Labute approximate surface area is 196 Å².